The summed E-state index contributed by atoms with van der Waals surface area (Å²) in [6, 6.07) is 10.1. The van der Waals surface area contributed by atoms with Gasteiger partial charge >= 0.3 is 6.09 Å². The Morgan fingerprint density at radius 3 is 2.89 bits per heavy atom. The lowest BCUT2D eigenvalue weighted by atomic mass is 9.84. The molecule has 2 fully saturated rings. The number of hydrogen-bond donors (Lipinski definition) is 1. The standard InChI is InChI=1S/C15H20N2O2/c1-15(13-7-8-16-9-13)11-19-14(18)17(15)10-12-5-3-2-4-6-12/h2-6,13,16H,7-11H2,1H3. The summed E-state index contributed by atoms with van der Waals surface area (Å²) in [7, 11) is 0. The molecule has 0 saturated carbocycles. The van der Waals surface area contributed by atoms with E-state index in [1.54, 1.807) is 0 Å². The molecule has 2 unspecified atom stereocenters. The fourth-order valence-corrected chi connectivity index (χ4v) is 3.11. The number of benzene rings is 1. The fraction of sp³-hybridized carbons (Fsp3) is 0.533. The summed E-state index contributed by atoms with van der Waals surface area (Å²) < 4.78 is 5.32. The van der Waals surface area contributed by atoms with Crippen LogP contribution in [0.5, 0.6) is 0 Å². The number of hydrogen-bond acceptors (Lipinski definition) is 3. The van der Waals surface area contributed by atoms with E-state index in [9.17, 15) is 4.79 Å². The quantitative estimate of drug-likeness (QED) is 0.904. The van der Waals surface area contributed by atoms with Gasteiger partial charge < -0.3 is 10.1 Å². The largest absolute Gasteiger partial charge is 0.447 e. The van der Waals surface area contributed by atoms with E-state index in [1.165, 1.54) is 0 Å². The van der Waals surface area contributed by atoms with E-state index in [1.807, 2.05) is 23.1 Å². The minimum Gasteiger partial charge on any atom is -0.447 e. The highest BCUT2D eigenvalue weighted by atomic mass is 16.6. The molecule has 0 radical (unpaired) electrons. The van der Waals surface area contributed by atoms with Crippen molar-refractivity contribution in [3.8, 4) is 0 Å². The molecule has 102 valence electrons. The van der Waals surface area contributed by atoms with Crippen molar-refractivity contribution >= 4 is 6.09 Å². The van der Waals surface area contributed by atoms with Gasteiger partial charge in [0.05, 0.1) is 5.54 Å². The van der Waals surface area contributed by atoms with E-state index in [2.05, 4.69) is 24.4 Å². The minimum absolute atomic E-state index is 0.182. The van der Waals surface area contributed by atoms with Crippen molar-refractivity contribution in [2.24, 2.45) is 5.92 Å². The number of cyclic esters (lactones) is 1. The highest BCUT2D eigenvalue weighted by molar-refractivity contribution is 5.71. The second kappa shape index (κ2) is 4.85. The van der Waals surface area contributed by atoms with E-state index in [-0.39, 0.29) is 11.6 Å². The predicted molar refractivity (Wildman–Crippen MR) is 72.7 cm³/mol. The molecule has 4 heteroatoms. The van der Waals surface area contributed by atoms with Crippen molar-refractivity contribution in [3.63, 3.8) is 0 Å². The molecule has 1 N–H and O–H groups in total. The highest BCUT2D eigenvalue weighted by Gasteiger charge is 2.49. The second-order valence-electron chi connectivity index (χ2n) is 5.67. The highest BCUT2D eigenvalue weighted by Crippen LogP contribution is 2.35. The Morgan fingerprint density at radius 2 is 2.21 bits per heavy atom. The first-order valence-electron chi connectivity index (χ1n) is 6.89. The maximum absolute atomic E-state index is 12.0. The third kappa shape index (κ3) is 2.21. The van der Waals surface area contributed by atoms with Crippen LogP contribution in [0.2, 0.25) is 0 Å². The van der Waals surface area contributed by atoms with Gasteiger partial charge in [-0.15, -0.1) is 0 Å². The number of nitrogens with one attached hydrogen (secondary N) is 1. The molecule has 1 aromatic carbocycles. The zero-order valence-electron chi connectivity index (χ0n) is 11.3. The van der Waals surface area contributed by atoms with Gasteiger partial charge in [-0.05, 0) is 31.4 Å². The van der Waals surface area contributed by atoms with E-state index in [0.717, 1.165) is 25.1 Å². The summed E-state index contributed by atoms with van der Waals surface area (Å²) in [5.74, 6) is 0.475. The molecule has 1 aromatic rings. The van der Waals surface area contributed by atoms with Gasteiger partial charge in [-0.25, -0.2) is 4.79 Å². The number of amides is 1. The van der Waals surface area contributed by atoms with Crippen molar-refractivity contribution in [1.29, 1.82) is 0 Å². The first-order valence-corrected chi connectivity index (χ1v) is 6.89. The third-order valence-corrected chi connectivity index (χ3v) is 4.45. The molecule has 0 bridgehead atoms. The van der Waals surface area contributed by atoms with Gasteiger partial charge in [-0.1, -0.05) is 30.3 Å². The number of carbonyl (C=O) groups is 1. The van der Waals surface area contributed by atoms with Gasteiger partial charge in [0.1, 0.15) is 6.61 Å². The lowest BCUT2D eigenvalue weighted by Gasteiger charge is -2.36. The lowest BCUT2D eigenvalue weighted by molar-refractivity contribution is 0.117. The molecule has 0 spiro atoms. The first-order chi connectivity index (χ1) is 9.20. The van der Waals surface area contributed by atoms with Crippen LogP contribution in [0.1, 0.15) is 18.9 Å². The monoisotopic (exact) mass is 260 g/mol. The first kappa shape index (κ1) is 12.5. The van der Waals surface area contributed by atoms with E-state index in [0.29, 0.717) is 19.1 Å². The maximum atomic E-state index is 12.0. The number of nitrogens with zero attached hydrogens (tertiary/aromatic N) is 1. The molecule has 1 amide bonds. The van der Waals surface area contributed by atoms with E-state index < -0.39 is 0 Å². The lowest BCUT2D eigenvalue weighted by Crippen LogP contribution is -2.50. The summed E-state index contributed by atoms with van der Waals surface area (Å²) in [6.07, 6.45) is 0.927. The number of ether oxygens (including phenoxy) is 1. The number of carbonyl (C=O) groups excluding carboxylic acids is 1. The zero-order chi connectivity index (χ0) is 13.3. The average Bonchev–Trinajstić information content (AvgIpc) is 3.05. The van der Waals surface area contributed by atoms with Crippen LogP contribution in [-0.4, -0.2) is 36.2 Å². The van der Waals surface area contributed by atoms with Gasteiger partial charge in [0.15, 0.2) is 0 Å². The Hall–Kier alpha value is -1.55. The SMILES string of the molecule is CC1(C2CCNC2)COC(=O)N1Cc1ccccc1. The molecule has 0 aromatic heterocycles. The van der Waals surface area contributed by atoms with Gasteiger partial charge in [0.2, 0.25) is 0 Å². The van der Waals surface area contributed by atoms with Gasteiger partial charge in [0.25, 0.3) is 0 Å². The molecule has 4 nitrogen and oxygen atoms in total. The normalized spacial score (nSPS) is 30.7. The molecule has 2 atom stereocenters. The smallest absolute Gasteiger partial charge is 0.410 e. The van der Waals surface area contributed by atoms with Crippen molar-refractivity contribution in [3.05, 3.63) is 35.9 Å². The molecule has 2 saturated heterocycles. The van der Waals surface area contributed by atoms with Crippen molar-refractivity contribution in [2.45, 2.75) is 25.4 Å². The molecule has 2 heterocycles. The summed E-state index contributed by atoms with van der Waals surface area (Å²) >= 11 is 0. The van der Waals surface area contributed by atoms with E-state index in [4.69, 9.17) is 4.74 Å². The fourth-order valence-electron chi connectivity index (χ4n) is 3.11. The van der Waals surface area contributed by atoms with Crippen molar-refractivity contribution < 1.29 is 9.53 Å². The van der Waals surface area contributed by atoms with Crippen LogP contribution in [0.15, 0.2) is 30.3 Å². The van der Waals surface area contributed by atoms with Crippen LogP contribution in [0.4, 0.5) is 4.79 Å². The predicted octanol–water partition coefficient (Wildman–Crippen LogP) is 2.01. The van der Waals surface area contributed by atoms with Crippen LogP contribution >= 0.6 is 0 Å². The number of rotatable bonds is 3. The Morgan fingerprint density at radius 1 is 1.42 bits per heavy atom. The van der Waals surface area contributed by atoms with Crippen LogP contribution < -0.4 is 5.32 Å². The average molecular weight is 260 g/mol. The minimum atomic E-state index is -0.184. The molecule has 3 rings (SSSR count). The van der Waals surface area contributed by atoms with Crippen molar-refractivity contribution in [1.82, 2.24) is 10.2 Å². The van der Waals surface area contributed by atoms with Crippen LogP contribution in [-0.2, 0) is 11.3 Å². The maximum Gasteiger partial charge on any atom is 0.410 e. The topological polar surface area (TPSA) is 41.6 Å². The molecule has 0 aliphatic carbocycles. The van der Waals surface area contributed by atoms with Gasteiger partial charge in [-0.3, -0.25) is 4.90 Å². The summed E-state index contributed by atoms with van der Waals surface area (Å²) in [4.78, 5) is 13.9. The molecule has 2 aliphatic heterocycles. The van der Waals surface area contributed by atoms with Gasteiger partial charge in [-0.2, -0.15) is 0 Å². The van der Waals surface area contributed by atoms with Gasteiger partial charge in [0, 0.05) is 13.1 Å². The molecular formula is C15H20N2O2. The van der Waals surface area contributed by atoms with Crippen LogP contribution in [0.25, 0.3) is 0 Å². The van der Waals surface area contributed by atoms with Crippen molar-refractivity contribution in [2.75, 3.05) is 19.7 Å². The zero-order valence-corrected chi connectivity index (χ0v) is 11.3. The summed E-state index contributed by atoms with van der Waals surface area (Å²) in [6.45, 7) is 5.29. The molecule has 19 heavy (non-hydrogen) atoms. The Bertz CT molecular complexity index is 456. The van der Waals surface area contributed by atoms with Crippen LogP contribution in [0.3, 0.4) is 0 Å². The Labute approximate surface area is 113 Å². The van der Waals surface area contributed by atoms with E-state index >= 15 is 0 Å². The molecular weight excluding hydrogens is 240 g/mol. The summed E-state index contributed by atoms with van der Waals surface area (Å²) in [5, 5.41) is 3.38. The second-order valence-corrected chi connectivity index (χ2v) is 5.67. The Kier molecular flexibility index (Phi) is 3.19. The molecule has 2 aliphatic rings. The third-order valence-electron chi connectivity index (χ3n) is 4.45. The van der Waals surface area contributed by atoms with Crippen LogP contribution in [0, 0.1) is 5.92 Å². The Balaban J connectivity index is 1.82. The summed E-state index contributed by atoms with van der Waals surface area (Å²) in [5.41, 5.74) is 0.967.